The van der Waals surface area contributed by atoms with E-state index < -0.39 is 0 Å². The first kappa shape index (κ1) is 43.3. The highest BCUT2D eigenvalue weighted by molar-refractivity contribution is 7.35. The Balaban J connectivity index is 0.976. The maximum absolute atomic E-state index is 7.07. The van der Waals surface area contributed by atoms with Crippen LogP contribution in [0.4, 0.5) is 68.2 Å². The Bertz CT molecular complexity index is 4840. The minimum Gasteiger partial charge on any atom is -0.454 e. The number of thiophene rings is 2. The molecule has 370 valence electrons. The van der Waals surface area contributed by atoms with Crippen LogP contribution in [0.1, 0.15) is 0 Å². The normalized spacial score (nSPS) is 13.8. The van der Waals surface area contributed by atoms with Crippen LogP contribution in [-0.4, -0.2) is 13.4 Å². The Morgan fingerprint density at radius 1 is 0.287 bits per heavy atom. The van der Waals surface area contributed by atoms with Crippen molar-refractivity contribution in [2.45, 2.75) is 0 Å². The molecule has 8 heterocycles. The summed E-state index contributed by atoms with van der Waals surface area (Å²) in [4.78, 5) is 10.1. The van der Waals surface area contributed by atoms with Gasteiger partial charge in [-0.1, -0.05) is 152 Å². The number of hydrogen-bond acceptors (Lipinski definition) is 8. The highest BCUT2D eigenvalue weighted by Crippen LogP contribution is 2.53. The number of nitrogens with zero attached hydrogens (tertiary/aromatic N) is 4. The average molecular weight is 1050 g/mol. The molecule has 4 aliphatic rings. The summed E-state index contributed by atoms with van der Waals surface area (Å²) in [5, 5.41) is 6.89. The number of furan rings is 2. The number of fused-ring (bicyclic) bond motifs is 18. The molecule has 0 amide bonds. The second-order valence-electron chi connectivity index (χ2n) is 21.4. The van der Waals surface area contributed by atoms with Gasteiger partial charge in [0.15, 0.2) is 11.2 Å². The summed E-state index contributed by atoms with van der Waals surface area (Å²) in [5.41, 5.74) is 22.1. The zero-order chi connectivity index (χ0) is 51.9. The molecule has 6 nitrogen and oxygen atoms in total. The zero-order valence-corrected chi connectivity index (χ0v) is 44.3. The molecule has 0 unspecified atom stereocenters. The van der Waals surface area contributed by atoms with Gasteiger partial charge in [-0.15, -0.1) is 22.7 Å². The monoisotopic (exact) mass is 1050 g/mol. The fourth-order valence-corrected chi connectivity index (χ4v) is 16.9. The maximum Gasteiger partial charge on any atom is 0.264 e. The van der Waals surface area contributed by atoms with E-state index in [1.54, 1.807) is 0 Å². The number of hydrogen-bond donors (Lipinski definition) is 0. The highest BCUT2D eigenvalue weighted by atomic mass is 32.1. The molecule has 0 saturated carbocycles. The van der Waals surface area contributed by atoms with E-state index >= 15 is 0 Å². The van der Waals surface area contributed by atoms with E-state index in [0.717, 1.165) is 89.4 Å². The summed E-state index contributed by atoms with van der Waals surface area (Å²) in [7, 11) is 0. The molecular weight excluding hydrogens is 1010 g/mol. The summed E-state index contributed by atoms with van der Waals surface area (Å²) in [6, 6.07) is 89.2. The predicted molar refractivity (Wildman–Crippen MR) is 340 cm³/mol. The lowest BCUT2D eigenvalue weighted by Crippen LogP contribution is -2.64. The second-order valence-corrected chi connectivity index (χ2v) is 23.6. The van der Waals surface area contributed by atoms with Crippen LogP contribution in [0.5, 0.6) is 0 Å². The Labute approximate surface area is 468 Å². The van der Waals surface area contributed by atoms with E-state index in [-0.39, 0.29) is 13.4 Å². The SMILES string of the molecule is c1ccc(N2c3cccc4c3B(c3cc5c(cc3N4c3cccc4c3oc3ccccc34)N(c3cccc4c3oc3ccccc34)c3cccc4c3B5c3sc5ccccc5c3N4c3ccccc3)c3sc4ccccc4c32)cc1. The second kappa shape index (κ2) is 16.0. The van der Waals surface area contributed by atoms with Crippen molar-refractivity contribution in [1.29, 1.82) is 0 Å². The van der Waals surface area contributed by atoms with Gasteiger partial charge < -0.3 is 28.4 Å². The molecule has 0 saturated heterocycles. The van der Waals surface area contributed by atoms with Crippen molar-refractivity contribution in [3.8, 4) is 0 Å². The smallest absolute Gasteiger partial charge is 0.264 e. The molecule has 4 aliphatic heterocycles. The summed E-state index contributed by atoms with van der Waals surface area (Å²) in [6.45, 7) is -0.231. The molecule has 0 bridgehead atoms. The zero-order valence-electron chi connectivity index (χ0n) is 42.7. The first-order valence-electron chi connectivity index (χ1n) is 27.3. The van der Waals surface area contributed by atoms with E-state index in [0.29, 0.717) is 0 Å². The van der Waals surface area contributed by atoms with E-state index in [4.69, 9.17) is 8.83 Å². The Hall–Kier alpha value is -9.73. The van der Waals surface area contributed by atoms with Crippen molar-refractivity contribution in [3.05, 3.63) is 243 Å². The summed E-state index contributed by atoms with van der Waals surface area (Å²) in [5.74, 6) is 0. The standard InChI is InChI=1S/C70H40B2N4O2S2/c1-3-19-41(20-4-1)73-51-29-17-31-53-63(51)71(69-65(73)47-25-9-13-37-61(47)79-69)49-39-50-58(40-57(49)75(53)55-33-15-27-45-43-23-7-11-35-59(43)77-67(45)55)76(56-34-16-28-46-44-24-8-12-36-60(44)78-68(46)56)54-32-18-30-52-64(54)72(50)70-66(48-26-10-14-38-62(48)80-70)74(52)42-21-5-2-6-22-42/h1-40H. The predicted octanol–water partition coefficient (Wildman–Crippen LogP) is 16.1. The topological polar surface area (TPSA) is 39.2 Å². The molecule has 0 atom stereocenters. The minimum atomic E-state index is -0.116. The third kappa shape index (κ3) is 5.63. The molecule has 0 N–H and O–H groups in total. The fraction of sp³-hybridized carbons (Fsp3) is 0. The van der Waals surface area contributed by atoms with Gasteiger partial charge in [-0.3, -0.25) is 0 Å². The molecular formula is C70H40B2N4O2S2. The largest absolute Gasteiger partial charge is 0.454 e. The number of benzene rings is 11. The van der Waals surface area contributed by atoms with Crippen molar-refractivity contribution in [1.82, 2.24) is 0 Å². The van der Waals surface area contributed by atoms with Gasteiger partial charge in [0.2, 0.25) is 0 Å². The molecule has 11 aromatic carbocycles. The third-order valence-corrected chi connectivity index (χ3v) is 19.8. The van der Waals surface area contributed by atoms with E-state index in [1.165, 1.54) is 74.3 Å². The molecule has 10 heteroatoms. The van der Waals surface area contributed by atoms with Crippen LogP contribution < -0.4 is 51.0 Å². The van der Waals surface area contributed by atoms with Gasteiger partial charge in [-0.2, -0.15) is 0 Å². The van der Waals surface area contributed by atoms with E-state index in [2.05, 4.69) is 262 Å². The van der Waals surface area contributed by atoms with Crippen LogP contribution in [0.3, 0.4) is 0 Å². The van der Waals surface area contributed by atoms with Crippen LogP contribution in [0.15, 0.2) is 251 Å². The Morgan fingerprint density at radius 3 is 1.11 bits per heavy atom. The van der Waals surface area contributed by atoms with Crippen LogP contribution in [0.2, 0.25) is 0 Å². The van der Waals surface area contributed by atoms with Gasteiger partial charge in [0.05, 0.1) is 22.7 Å². The highest BCUT2D eigenvalue weighted by Gasteiger charge is 2.50. The van der Waals surface area contributed by atoms with Crippen molar-refractivity contribution in [2.24, 2.45) is 0 Å². The minimum absolute atomic E-state index is 0.116. The molecule has 0 aliphatic carbocycles. The number of rotatable bonds is 4. The first-order chi connectivity index (χ1) is 39.7. The van der Waals surface area contributed by atoms with Gasteiger partial charge >= 0.3 is 0 Å². The van der Waals surface area contributed by atoms with Crippen molar-refractivity contribution in [3.63, 3.8) is 0 Å². The lowest BCUT2D eigenvalue weighted by molar-refractivity contribution is 0.669. The third-order valence-electron chi connectivity index (χ3n) is 17.4. The lowest BCUT2D eigenvalue weighted by atomic mass is 9.32. The van der Waals surface area contributed by atoms with Crippen molar-refractivity contribution < 1.29 is 8.83 Å². The van der Waals surface area contributed by atoms with E-state index in [1.807, 2.05) is 22.7 Å². The Kier molecular flexibility index (Phi) is 8.63. The summed E-state index contributed by atoms with van der Waals surface area (Å²) < 4.78 is 19.4. The molecule has 19 rings (SSSR count). The molecule has 80 heavy (non-hydrogen) atoms. The van der Waals surface area contributed by atoms with Crippen LogP contribution in [0, 0.1) is 0 Å². The molecule has 0 spiro atoms. The molecule has 15 aromatic rings. The number of anilines is 12. The van der Waals surface area contributed by atoms with Crippen LogP contribution >= 0.6 is 22.7 Å². The van der Waals surface area contributed by atoms with Crippen molar-refractivity contribution in [2.75, 3.05) is 19.6 Å². The Morgan fingerprint density at radius 2 is 0.650 bits per heavy atom. The van der Waals surface area contributed by atoms with Gasteiger partial charge in [-0.05, 0) is 113 Å². The van der Waals surface area contributed by atoms with Gasteiger partial charge in [0.25, 0.3) is 13.4 Å². The van der Waals surface area contributed by atoms with Gasteiger partial charge in [0.1, 0.15) is 11.2 Å². The number of para-hydroxylation sites is 6. The van der Waals surface area contributed by atoms with Gasteiger partial charge in [-0.25, -0.2) is 0 Å². The average Bonchev–Trinajstić information content (AvgIpc) is 3.95. The van der Waals surface area contributed by atoms with E-state index in [9.17, 15) is 0 Å². The first-order valence-corrected chi connectivity index (χ1v) is 28.9. The molecule has 0 fully saturated rings. The maximum atomic E-state index is 7.07. The summed E-state index contributed by atoms with van der Waals surface area (Å²) >= 11 is 3.87. The molecule has 0 radical (unpaired) electrons. The fourth-order valence-electron chi connectivity index (χ4n) is 14.3. The quantitative estimate of drug-likeness (QED) is 0.164. The van der Waals surface area contributed by atoms with Crippen molar-refractivity contribution >= 4 is 200 Å². The van der Waals surface area contributed by atoms with Crippen LogP contribution in [0.25, 0.3) is 64.0 Å². The van der Waals surface area contributed by atoms with Gasteiger partial charge in [0, 0.05) is 96.8 Å². The lowest BCUT2D eigenvalue weighted by Gasteiger charge is -2.46. The molecule has 4 aromatic heterocycles. The summed E-state index contributed by atoms with van der Waals surface area (Å²) in [6.07, 6.45) is 0. The van der Waals surface area contributed by atoms with Crippen LogP contribution in [-0.2, 0) is 0 Å².